The van der Waals surface area contributed by atoms with Gasteiger partial charge in [0.15, 0.2) is 0 Å². The van der Waals surface area contributed by atoms with Gasteiger partial charge in [-0.3, -0.25) is 4.79 Å². The number of amides is 1. The quantitative estimate of drug-likeness (QED) is 0.881. The van der Waals surface area contributed by atoms with Crippen molar-refractivity contribution in [3.8, 4) is 11.5 Å². The second-order valence-electron chi connectivity index (χ2n) is 4.97. The van der Waals surface area contributed by atoms with Crippen LogP contribution >= 0.6 is 0 Å². The third-order valence-electron chi connectivity index (χ3n) is 3.70. The van der Waals surface area contributed by atoms with Gasteiger partial charge in [-0.15, -0.1) is 0 Å². The molecule has 1 aromatic rings. The van der Waals surface area contributed by atoms with Gasteiger partial charge in [-0.2, -0.15) is 0 Å². The van der Waals surface area contributed by atoms with Crippen molar-refractivity contribution in [2.75, 3.05) is 14.2 Å². The lowest BCUT2D eigenvalue weighted by atomic mass is 9.92. The third-order valence-corrected chi connectivity index (χ3v) is 3.70. The summed E-state index contributed by atoms with van der Waals surface area (Å²) in [7, 11) is 3.03. The molecule has 0 unspecified atom stereocenters. The van der Waals surface area contributed by atoms with Crippen LogP contribution in [0.25, 0.3) is 0 Å². The van der Waals surface area contributed by atoms with E-state index >= 15 is 0 Å². The number of methoxy groups -OCH3 is 2. The summed E-state index contributed by atoms with van der Waals surface area (Å²) in [6, 6.07) is 5.00. The summed E-state index contributed by atoms with van der Waals surface area (Å²) in [5, 5.41) is 12.8. The van der Waals surface area contributed by atoms with Crippen LogP contribution in [0.3, 0.4) is 0 Å². The number of aliphatic hydroxyl groups is 1. The molecule has 1 amide bonds. The fraction of sp³-hybridized carbons (Fsp3) is 0.533. The van der Waals surface area contributed by atoms with E-state index in [1.807, 2.05) is 0 Å². The van der Waals surface area contributed by atoms with E-state index in [9.17, 15) is 9.90 Å². The first kappa shape index (κ1) is 14.7. The molecule has 2 rings (SSSR count). The first-order valence-electron chi connectivity index (χ1n) is 6.87. The Bertz CT molecular complexity index is 453. The van der Waals surface area contributed by atoms with Crippen LogP contribution in [-0.2, 0) is 0 Å². The largest absolute Gasteiger partial charge is 0.496 e. The smallest absolute Gasteiger partial charge is 0.259 e. The van der Waals surface area contributed by atoms with Crippen LogP contribution in [0.5, 0.6) is 11.5 Å². The van der Waals surface area contributed by atoms with Gasteiger partial charge in [0.05, 0.1) is 26.4 Å². The average molecular weight is 279 g/mol. The second kappa shape index (κ2) is 6.61. The zero-order valence-electron chi connectivity index (χ0n) is 11.9. The van der Waals surface area contributed by atoms with Crippen molar-refractivity contribution >= 4 is 5.91 Å². The standard InChI is InChI=1S/C15H21NO4/c1-19-12-8-5-9-13(20-2)14(12)15(18)16-10-6-3-4-7-11(10)17/h5,8-11,17H,3-4,6-7H2,1-2H3,(H,16,18)/t10-,11-/m1/s1. The Morgan fingerprint density at radius 1 is 1.20 bits per heavy atom. The summed E-state index contributed by atoms with van der Waals surface area (Å²) in [5.74, 6) is 0.657. The number of aliphatic hydroxyl groups excluding tert-OH is 1. The molecule has 0 bridgehead atoms. The normalized spacial score (nSPS) is 22.1. The van der Waals surface area contributed by atoms with Crippen molar-refractivity contribution < 1.29 is 19.4 Å². The van der Waals surface area contributed by atoms with Gasteiger partial charge in [0.1, 0.15) is 17.1 Å². The molecule has 110 valence electrons. The first-order chi connectivity index (χ1) is 9.67. The number of rotatable bonds is 4. The van der Waals surface area contributed by atoms with E-state index in [4.69, 9.17) is 9.47 Å². The molecule has 0 spiro atoms. The monoisotopic (exact) mass is 279 g/mol. The summed E-state index contributed by atoms with van der Waals surface area (Å²) in [4.78, 5) is 12.4. The van der Waals surface area contributed by atoms with Gasteiger partial charge in [0.25, 0.3) is 5.91 Å². The molecular formula is C15H21NO4. The Kier molecular flexibility index (Phi) is 4.84. The Morgan fingerprint density at radius 2 is 1.80 bits per heavy atom. The maximum atomic E-state index is 12.4. The van der Waals surface area contributed by atoms with Crippen LogP contribution in [0.1, 0.15) is 36.0 Å². The zero-order chi connectivity index (χ0) is 14.5. The van der Waals surface area contributed by atoms with E-state index in [0.29, 0.717) is 17.1 Å². The summed E-state index contributed by atoms with van der Waals surface area (Å²) < 4.78 is 10.4. The van der Waals surface area contributed by atoms with Gasteiger partial charge in [0, 0.05) is 0 Å². The Hall–Kier alpha value is -1.75. The molecule has 0 heterocycles. The lowest BCUT2D eigenvalue weighted by Gasteiger charge is -2.28. The van der Waals surface area contributed by atoms with Crippen LogP contribution in [-0.4, -0.2) is 37.4 Å². The first-order valence-corrected chi connectivity index (χ1v) is 6.87. The zero-order valence-corrected chi connectivity index (χ0v) is 11.9. The van der Waals surface area contributed by atoms with Gasteiger partial charge in [0.2, 0.25) is 0 Å². The van der Waals surface area contributed by atoms with Gasteiger partial charge in [-0.25, -0.2) is 0 Å². The van der Waals surface area contributed by atoms with Crippen molar-refractivity contribution in [1.29, 1.82) is 0 Å². The molecule has 2 atom stereocenters. The molecule has 5 nitrogen and oxygen atoms in total. The number of hydrogen-bond acceptors (Lipinski definition) is 4. The predicted octanol–water partition coefficient (Wildman–Crippen LogP) is 1.74. The molecule has 1 aromatic carbocycles. The molecule has 1 aliphatic rings. The summed E-state index contributed by atoms with van der Waals surface area (Å²) in [6.07, 6.45) is 3.07. The Balaban J connectivity index is 2.20. The number of ether oxygens (including phenoxy) is 2. The van der Waals surface area contributed by atoms with Gasteiger partial charge < -0.3 is 19.9 Å². The van der Waals surface area contributed by atoms with Crippen molar-refractivity contribution in [3.63, 3.8) is 0 Å². The minimum absolute atomic E-state index is 0.203. The van der Waals surface area contributed by atoms with Gasteiger partial charge in [-0.05, 0) is 25.0 Å². The SMILES string of the molecule is COc1cccc(OC)c1C(=O)N[C@@H]1CCCC[C@H]1O. The number of carbonyl (C=O) groups excluding carboxylic acids is 1. The van der Waals surface area contributed by atoms with Crippen LogP contribution in [0, 0.1) is 0 Å². The molecule has 2 N–H and O–H groups in total. The second-order valence-corrected chi connectivity index (χ2v) is 4.97. The van der Waals surface area contributed by atoms with Crippen molar-refractivity contribution in [3.05, 3.63) is 23.8 Å². The minimum atomic E-state index is -0.478. The van der Waals surface area contributed by atoms with Crippen molar-refractivity contribution in [2.45, 2.75) is 37.8 Å². The number of hydrogen-bond donors (Lipinski definition) is 2. The minimum Gasteiger partial charge on any atom is -0.496 e. The summed E-state index contributed by atoms with van der Waals surface area (Å²) >= 11 is 0. The molecule has 0 aliphatic heterocycles. The highest BCUT2D eigenvalue weighted by atomic mass is 16.5. The van der Waals surface area contributed by atoms with E-state index < -0.39 is 6.10 Å². The van der Waals surface area contributed by atoms with Crippen LogP contribution in [0.2, 0.25) is 0 Å². The third kappa shape index (κ3) is 3.04. The van der Waals surface area contributed by atoms with Crippen LogP contribution < -0.4 is 14.8 Å². The molecule has 0 saturated heterocycles. The Morgan fingerprint density at radius 3 is 2.35 bits per heavy atom. The highest BCUT2D eigenvalue weighted by Gasteiger charge is 2.27. The molecule has 0 radical (unpaired) electrons. The van der Waals surface area contributed by atoms with E-state index in [1.165, 1.54) is 14.2 Å². The van der Waals surface area contributed by atoms with E-state index in [-0.39, 0.29) is 11.9 Å². The van der Waals surface area contributed by atoms with E-state index in [1.54, 1.807) is 18.2 Å². The lowest BCUT2D eigenvalue weighted by molar-refractivity contribution is 0.0713. The van der Waals surface area contributed by atoms with Crippen LogP contribution in [0.15, 0.2) is 18.2 Å². The molecule has 1 fully saturated rings. The number of carbonyl (C=O) groups is 1. The molecular weight excluding hydrogens is 258 g/mol. The fourth-order valence-corrected chi connectivity index (χ4v) is 2.60. The highest BCUT2D eigenvalue weighted by Crippen LogP contribution is 2.28. The molecule has 20 heavy (non-hydrogen) atoms. The molecule has 1 aliphatic carbocycles. The lowest BCUT2D eigenvalue weighted by Crippen LogP contribution is -2.45. The maximum Gasteiger partial charge on any atom is 0.259 e. The topological polar surface area (TPSA) is 67.8 Å². The van der Waals surface area contributed by atoms with Crippen LogP contribution in [0.4, 0.5) is 0 Å². The van der Waals surface area contributed by atoms with Crippen molar-refractivity contribution in [2.24, 2.45) is 0 Å². The predicted molar refractivity (Wildman–Crippen MR) is 75.3 cm³/mol. The van der Waals surface area contributed by atoms with E-state index in [0.717, 1.165) is 25.7 Å². The summed E-state index contributed by atoms with van der Waals surface area (Å²) in [6.45, 7) is 0. The number of benzene rings is 1. The molecule has 0 aromatic heterocycles. The van der Waals surface area contributed by atoms with E-state index in [2.05, 4.69) is 5.32 Å². The van der Waals surface area contributed by atoms with Gasteiger partial charge in [-0.1, -0.05) is 18.9 Å². The number of nitrogens with one attached hydrogen (secondary N) is 1. The maximum absolute atomic E-state index is 12.4. The highest BCUT2D eigenvalue weighted by molar-refractivity contribution is 5.99. The van der Waals surface area contributed by atoms with Gasteiger partial charge >= 0.3 is 0 Å². The fourth-order valence-electron chi connectivity index (χ4n) is 2.60. The Labute approximate surface area is 118 Å². The molecule has 1 saturated carbocycles. The average Bonchev–Trinajstić information content (AvgIpc) is 2.48. The molecule has 5 heteroatoms. The van der Waals surface area contributed by atoms with Crippen molar-refractivity contribution in [1.82, 2.24) is 5.32 Å². The summed E-state index contributed by atoms with van der Waals surface area (Å²) in [5.41, 5.74) is 0.371.